The number of aliphatic hydroxyl groups excluding tert-OH is 1. The summed E-state index contributed by atoms with van der Waals surface area (Å²) in [6.07, 6.45) is -4.58. The number of amides is 1. The lowest BCUT2D eigenvalue weighted by molar-refractivity contribution is -0.144. The van der Waals surface area contributed by atoms with E-state index in [4.69, 9.17) is 122 Å². The average Bonchev–Trinajstić information content (AvgIpc) is 1.66. The van der Waals surface area contributed by atoms with Gasteiger partial charge in [-0.05, 0) is 125 Å². The molecule has 0 spiro atoms. The van der Waals surface area contributed by atoms with E-state index in [1.807, 2.05) is 0 Å². The van der Waals surface area contributed by atoms with Gasteiger partial charge in [-0.2, -0.15) is 0 Å². The minimum absolute atomic E-state index is 0.0944. The first-order chi connectivity index (χ1) is 71.1. The number of carbonyl (C=O) groups is 9. The number of aliphatic hydroxyl groups is 1. The monoisotopic (exact) mass is 2230 g/mol. The topological polar surface area (TPSA) is 728 Å². The van der Waals surface area contributed by atoms with Crippen LogP contribution in [0.3, 0.4) is 0 Å². The van der Waals surface area contributed by atoms with Crippen molar-refractivity contribution in [1.29, 1.82) is 0 Å². The van der Waals surface area contributed by atoms with E-state index in [0.717, 1.165) is 11.1 Å². The molecule has 0 saturated carbocycles. The molecule has 2 aliphatic heterocycles. The molecule has 1 amide bonds. The van der Waals surface area contributed by atoms with E-state index in [2.05, 4.69) is 85.8 Å². The zero-order valence-corrected chi connectivity index (χ0v) is 89.2. The molecule has 1 saturated heterocycles. The number of aromatic nitrogens is 16. The van der Waals surface area contributed by atoms with Gasteiger partial charge < -0.3 is 140 Å². The summed E-state index contributed by atoms with van der Waals surface area (Å²) >= 11 is 1.35. The molecule has 0 radical (unpaired) electrons. The first kappa shape index (κ1) is 123. The summed E-state index contributed by atoms with van der Waals surface area (Å²) < 4.78 is 204. The first-order valence-corrected chi connectivity index (χ1v) is 53.7. The van der Waals surface area contributed by atoms with Gasteiger partial charge in [0.1, 0.15) is 84.4 Å². The molecule has 62 nitrogen and oxygen atoms in total. The van der Waals surface area contributed by atoms with Gasteiger partial charge in [-0.1, -0.05) is 0 Å². The van der Waals surface area contributed by atoms with Crippen molar-refractivity contribution in [3.05, 3.63) is 62.6 Å². The highest BCUT2D eigenvalue weighted by molar-refractivity contribution is 8.00. The highest BCUT2D eigenvalue weighted by atomic mass is 32.2. The van der Waals surface area contributed by atoms with Gasteiger partial charge in [0.15, 0.2) is 51.7 Å². The van der Waals surface area contributed by atoms with Gasteiger partial charge in [-0.15, -0.1) is 11.8 Å². The van der Waals surface area contributed by atoms with Crippen LogP contribution in [0.5, 0.6) is 0 Å². The fourth-order valence-electron chi connectivity index (χ4n) is 11.7. The molecule has 6 N–H and O–H groups in total. The number of nitrogens with zero attached hydrogens (tertiary/aromatic N) is 17. The molecule has 7 atom stereocenters. The van der Waals surface area contributed by atoms with Crippen LogP contribution in [-0.2, 0) is 176 Å². The summed E-state index contributed by atoms with van der Waals surface area (Å²) in [5.41, 5.74) is 3.02. The Kier molecular flexibility index (Phi) is 49.8. The van der Waals surface area contributed by atoms with Gasteiger partial charge in [0.05, 0.1) is 145 Å². The second-order valence-electron chi connectivity index (χ2n) is 33.2. The molecule has 10 heterocycles. The maximum atomic E-state index is 13.5. The molecule has 2 aliphatic rings. The summed E-state index contributed by atoms with van der Waals surface area (Å²) in [4.78, 5) is 168. The number of hydrogen-bond acceptors (Lipinski definition) is 57. The number of carbonyl (C=O) groups excluding carboxylic acids is 9. The minimum Gasteiger partial charge on any atom is -0.432 e. The summed E-state index contributed by atoms with van der Waals surface area (Å²) in [5, 5.41) is 21.4. The lowest BCUT2D eigenvalue weighted by Gasteiger charge is -2.26. The number of rotatable bonds is 58. The van der Waals surface area contributed by atoms with Gasteiger partial charge >= 0.3 is 73.5 Å². The van der Waals surface area contributed by atoms with Crippen molar-refractivity contribution in [2.24, 2.45) is 0 Å². The summed E-state index contributed by atoms with van der Waals surface area (Å²) in [6, 6.07) is 0. The van der Waals surface area contributed by atoms with E-state index < -0.39 is 249 Å². The van der Waals surface area contributed by atoms with Crippen LogP contribution in [0.15, 0.2) is 62.6 Å². The Labute approximate surface area is 860 Å². The standard InChI is InChI=1S/C39H60N10O20P2.C34H52N10O17P2.C9H10FNO4S/c1-24(2)66-36(50)56-18-62-70(54,63-19-57-37(51)67-25(3)4)22-60-28(9)11-48-16-46-30-32(42-14-44-34(30)48)40-13-41-33-31-35(45-15-43-33)49(17-47-31)12-29(10)61-23-71(55,64-20-58-38(52)68-26(5)6)65-21-59-39(53)69-27(7)8;1-21(2)59-32(45)51-16-56-62(48,49)19-54-24(7)9-43-14-41-26-28(37-12-39-30(26)43)35-11-36-29-27-31(40-13-38-29)44(15-42-27)10-25(8)55-20-63(50,57-17-52-33(46)60-22(3)4)58-18-53-34(47)61-23(5)6;10-5-2-11(7(14)1-6(5)13)8-4-16-9(3-12)15-8/h14-17,24-29H,11-13,18-23H2,1-10H3,(H,40,42,44)(H,41,43,45);12-15,21-25H,9-11,16-20H2,1-8H3,(H,48,49)(H,35,37,39)(H,36,38,40);2,8-9,12H,1,3-4H2/t28-,29-;24-,25-;8-,9+/m110/s1. The average molecular weight is 2230 g/mol. The number of anilines is 4. The molecule has 8 aromatic rings. The number of imidazole rings is 4. The van der Waals surface area contributed by atoms with Crippen molar-refractivity contribution in [2.45, 2.75) is 236 Å². The molecule has 0 aliphatic carbocycles. The fourth-order valence-corrected chi connectivity index (χ4v) is 16.7. The van der Waals surface area contributed by atoms with Crippen molar-refractivity contribution in [1.82, 2.24) is 83.0 Å². The predicted molar refractivity (Wildman–Crippen MR) is 514 cm³/mol. The lowest BCUT2D eigenvalue weighted by atomic mass is 10.2. The maximum absolute atomic E-state index is 13.5. The summed E-state index contributed by atoms with van der Waals surface area (Å²) in [6.45, 7) is 24.4. The largest absolute Gasteiger partial charge is 0.510 e. The Morgan fingerprint density at radius 2 is 0.633 bits per heavy atom. The maximum Gasteiger partial charge on any atom is 0.510 e. The second-order valence-corrected chi connectivity index (χ2v) is 42.2. The molecule has 0 aromatic carbocycles. The Morgan fingerprint density at radius 1 is 0.387 bits per heavy atom. The zero-order chi connectivity index (χ0) is 110. The third-order valence-electron chi connectivity index (χ3n) is 18.1. The third kappa shape index (κ3) is 42.9. The molecule has 8 aromatic heterocycles. The summed E-state index contributed by atoms with van der Waals surface area (Å²) in [7, 11) is -16.9. The lowest BCUT2D eigenvalue weighted by Crippen LogP contribution is -2.41. The van der Waals surface area contributed by atoms with Crippen LogP contribution in [0.1, 0.15) is 131 Å². The van der Waals surface area contributed by atoms with Crippen molar-refractivity contribution in [3.8, 4) is 0 Å². The SMILES string of the molecule is CC(C)OC(=O)OCOP(=O)(CO[C@H](C)Cn1cnc2c(NCNc3ncnc4c3ncn4C[C@@H](C)OCP(=O)(OCOC(=O)OC(C)C)OCOC(=O)OC(C)C)ncnc21)OCOC(=O)OC(C)C.CC(C)OC(=O)OCOP(=O)(O)CO[C@H](C)Cn1cnc2c(NCNc3ncnc4c3ncn4C[C@@H](C)OCP(=O)(OCOC(=O)OC(C)C)OCOC(=O)OC(C)C)ncnc21.O=C1CC(=O)N([C@@H]2CS[C@H](CO)O2)C=C1F. The molecular weight excluding hydrogens is 2110 g/mol. The number of halogens is 1. The molecule has 1 fully saturated rings. The highest BCUT2D eigenvalue weighted by Gasteiger charge is 2.38. The van der Waals surface area contributed by atoms with Crippen LogP contribution >= 0.6 is 42.1 Å². The Balaban J connectivity index is 0.000000318. The van der Waals surface area contributed by atoms with E-state index in [0.29, 0.717) is 73.7 Å². The number of fused-ring (bicyclic) bond motifs is 4. The quantitative estimate of drug-likeness (QED) is 0.00678. The normalized spacial score (nSPS) is 15.1. The van der Waals surface area contributed by atoms with E-state index in [9.17, 15) is 70.7 Å². The van der Waals surface area contributed by atoms with Crippen molar-refractivity contribution in [2.75, 3.05) is 120 Å². The van der Waals surface area contributed by atoms with Gasteiger partial charge in [0, 0.05) is 12.0 Å². The van der Waals surface area contributed by atoms with Gasteiger partial charge in [-0.25, -0.2) is 97.8 Å². The molecule has 150 heavy (non-hydrogen) atoms. The van der Waals surface area contributed by atoms with Gasteiger partial charge in [-0.3, -0.25) is 64.4 Å². The second kappa shape index (κ2) is 60.7. The number of Topliss-reactive ketones (excluding diaryl/α,β-unsaturated/α-hetero) is 1. The Morgan fingerprint density at radius 3 is 0.873 bits per heavy atom. The number of ketones is 1. The zero-order valence-electron chi connectivity index (χ0n) is 84.8. The smallest absolute Gasteiger partial charge is 0.432 e. The van der Waals surface area contributed by atoms with Crippen LogP contribution in [-0.4, -0.2) is 325 Å². The molecule has 0 bridgehead atoms. The van der Waals surface area contributed by atoms with Crippen molar-refractivity contribution in [3.63, 3.8) is 0 Å². The minimum atomic E-state index is -4.26. The van der Waals surface area contributed by atoms with Crippen LogP contribution in [0.25, 0.3) is 44.7 Å². The first-order valence-electron chi connectivity index (χ1n) is 45.7. The molecule has 68 heteroatoms. The van der Waals surface area contributed by atoms with E-state index in [1.54, 1.807) is 143 Å². The molecule has 834 valence electrons. The molecule has 1 unspecified atom stereocenters. The molecular formula is C82H122FN21O41P4S. The third-order valence-corrected chi connectivity index (χ3v) is 24.6. The molecule has 10 rings (SSSR count). The number of thioether (sulfide) groups is 1. The van der Waals surface area contributed by atoms with Crippen molar-refractivity contribution >= 4 is 165 Å². The summed E-state index contributed by atoms with van der Waals surface area (Å²) in [5.74, 6) is -0.252. The van der Waals surface area contributed by atoms with Crippen LogP contribution in [0, 0.1) is 0 Å². The Bertz CT molecular complexity index is 5710. The van der Waals surface area contributed by atoms with Gasteiger partial charge in [0.25, 0.3) is 0 Å². The van der Waals surface area contributed by atoms with E-state index in [-0.39, 0.29) is 46.1 Å². The predicted octanol–water partition coefficient (Wildman–Crippen LogP) is 11.9. The van der Waals surface area contributed by atoms with Crippen LogP contribution in [0.4, 0.5) is 61.2 Å². The number of hydrogen-bond donors (Lipinski definition) is 6. The van der Waals surface area contributed by atoms with E-state index in [1.165, 1.54) is 62.4 Å². The number of nitrogens with one attached hydrogen (secondary N) is 4. The van der Waals surface area contributed by atoms with Gasteiger partial charge in [0.2, 0.25) is 59.2 Å². The van der Waals surface area contributed by atoms with Crippen LogP contribution in [0.2, 0.25) is 0 Å². The van der Waals surface area contributed by atoms with Crippen molar-refractivity contribution < 1.29 is 197 Å². The Hall–Kier alpha value is -12.2. The fraction of sp³-hybridized carbons (Fsp3) is 0.622. The number of ether oxygens (including phenoxy) is 19. The van der Waals surface area contributed by atoms with E-state index >= 15 is 0 Å². The highest BCUT2D eigenvalue weighted by Crippen LogP contribution is 2.51. The van der Waals surface area contributed by atoms with Crippen LogP contribution < -0.4 is 21.3 Å². The number of allylic oxidation sites excluding steroid dienone is 1.